The van der Waals surface area contributed by atoms with Gasteiger partial charge in [0.05, 0.1) is 6.10 Å². The monoisotopic (exact) mass is 320 g/mol. The summed E-state index contributed by atoms with van der Waals surface area (Å²) < 4.78 is 12.6. The largest absolute Gasteiger partial charge is 0.411 e. The first-order chi connectivity index (χ1) is 10.1. The first kappa shape index (κ1) is 15.1. The lowest BCUT2D eigenvalue weighted by Gasteiger charge is -2.48. The minimum Gasteiger partial charge on any atom is -0.411 e. The molecule has 22 heavy (non-hydrogen) atoms. The Hall–Kier alpha value is -0.453. The molecular weight excluding hydrogens is 292 g/mol. The number of carbonyl (C=O) groups excluding carboxylic acids is 1. The number of allylic oxidation sites excluding steroid dienone is 2. The molecule has 2 saturated carbocycles. The molecule has 0 N–H and O–H groups in total. The third-order valence-corrected chi connectivity index (χ3v) is 11.7. The molecule has 3 fully saturated rings. The molecule has 1 saturated heterocycles. The van der Waals surface area contributed by atoms with Crippen LogP contribution in [0.15, 0.2) is 12.2 Å². The molecule has 0 radical (unpaired) electrons. The Bertz CT molecular complexity index is 561. The summed E-state index contributed by atoms with van der Waals surface area (Å²) in [6, 6.07) is 0. The minimum absolute atomic E-state index is 0.0208. The van der Waals surface area contributed by atoms with Crippen molar-refractivity contribution in [1.82, 2.24) is 0 Å². The van der Waals surface area contributed by atoms with E-state index in [9.17, 15) is 4.79 Å². The van der Waals surface area contributed by atoms with Crippen molar-refractivity contribution in [3.63, 3.8) is 0 Å². The van der Waals surface area contributed by atoms with Crippen molar-refractivity contribution in [3.8, 4) is 0 Å². The van der Waals surface area contributed by atoms with Crippen molar-refractivity contribution >= 4 is 14.1 Å². The molecule has 122 valence electrons. The second-order valence-electron chi connectivity index (χ2n) is 9.43. The van der Waals surface area contributed by atoms with E-state index in [1.54, 1.807) is 0 Å². The number of fused-ring (bicyclic) bond motifs is 6. The number of hydrogen-bond donors (Lipinski definition) is 0. The van der Waals surface area contributed by atoms with Crippen molar-refractivity contribution < 1.29 is 14.0 Å². The van der Waals surface area contributed by atoms with Crippen LogP contribution < -0.4 is 0 Å². The lowest BCUT2D eigenvalue weighted by Crippen LogP contribution is -2.57. The van der Waals surface area contributed by atoms with Crippen molar-refractivity contribution in [2.75, 3.05) is 0 Å². The Balaban J connectivity index is 1.69. The summed E-state index contributed by atoms with van der Waals surface area (Å²) in [4.78, 5) is 12.9. The summed E-state index contributed by atoms with van der Waals surface area (Å²) in [6.07, 6.45) is 5.66. The third kappa shape index (κ3) is 1.72. The number of Topliss-reactive ketones (excluding diaryl/α,β-unsaturated/α-hetero) is 1. The van der Waals surface area contributed by atoms with Crippen molar-refractivity contribution in [2.24, 2.45) is 23.2 Å². The lowest BCUT2D eigenvalue weighted by molar-refractivity contribution is -0.138. The molecule has 0 aromatic heterocycles. The van der Waals surface area contributed by atoms with Gasteiger partial charge in [0, 0.05) is 11.3 Å². The number of hydrogen-bond acceptors (Lipinski definition) is 3. The highest BCUT2D eigenvalue weighted by Gasteiger charge is 2.72. The van der Waals surface area contributed by atoms with Gasteiger partial charge in [-0.1, -0.05) is 39.8 Å². The first-order valence-electron chi connectivity index (χ1n) is 8.63. The van der Waals surface area contributed by atoms with Crippen LogP contribution >= 0.6 is 0 Å². The van der Waals surface area contributed by atoms with Gasteiger partial charge >= 0.3 is 0 Å². The topological polar surface area (TPSA) is 38.8 Å². The maximum atomic E-state index is 12.9. The zero-order valence-electron chi connectivity index (χ0n) is 14.6. The molecule has 0 amide bonds. The molecule has 4 heteroatoms. The highest BCUT2D eigenvalue weighted by atomic mass is 28.4. The number of carbonyl (C=O) groups is 1. The van der Waals surface area contributed by atoms with Gasteiger partial charge in [-0.2, -0.15) is 0 Å². The number of ether oxygens (including phenoxy) is 1. The maximum Gasteiger partial charge on any atom is 0.192 e. The third-order valence-electron chi connectivity index (χ3n) is 7.27. The Morgan fingerprint density at radius 2 is 2.00 bits per heavy atom. The summed E-state index contributed by atoms with van der Waals surface area (Å²) in [5, 5.41) is 0.183. The molecule has 3 aliphatic carbocycles. The van der Waals surface area contributed by atoms with Gasteiger partial charge in [0.1, 0.15) is 12.2 Å². The maximum absolute atomic E-state index is 12.9. The van der Waals surface area contributed by atoms with Gasteiger partial charge in [-0.3, -0.25) is 4.79 Å². The Morgan fingerprint density at radius 1 is 1.32 bits per heavy atom. The smallest absolute Gasteiger partial charge is 0.192 e. The van der Waals surface area contributed by atoms with Gasteiger partial charge in [-0.05, 0) is 36.4 Å². The van der Waals surface area contributed by atoms with E-state index in [0.29, 0.717) is 23.5 Å². The van der Waals surface area contributed by atoms with Crippen LogP contribution in [0.2, 0.25) is 18.1 Å². The summed E-state index contributed by atoms with van der Waals surface area (Å²) in [5.74, 6) is 1.55. The summed E-state index contributed by atoms with van der Waals surface area (Å²) in [6.45, 7) is 13.6. The van der Waals surface area contributed by atoms with Gasteiger partial charge in [0.25, 0.3) is 0 Å². The van der Waals surface area contributed by atoms with E-state index in [4.69, 9.17) is 9.16 Å². The molecule has 2 bridgehead atoms. The van der Waals surface area contributed by atoms with Gasteiger partial charge in [0.2, 0.25) is 0 Å². The molecule has 0 unspecified atom stereocenters. The molecule has 0 aromatic rings. The second-order valence-corrected chi connectivity index (χ2v) is 14.2. The standard InChI is InChI=1S/C18H28O3Si/c1-17(2,3)22(5,6)21-13-12-10-7-8-11(9-10)18(12,4)16(19)15-14(13)20-15/h7-8,10-15H,9H2,1-6H3/t10-,11+,12+,13-,14+,15+,18+/m0/s1. The number of rotatable bonds is 2. The molecule has 0 aromatic carbocycles. The van der Waals surface area contributed by atoms with Crippen LogP contribution in [0.5, 0.6) is 0 Å². The Morgan fingerprint density at radius 3 is 2.64 bits per heavy atom. The minimum atomic E-state index is -1.87. The molecule has 7 atom stereocenters. The fraction of sp³-hybridized carbons (Fsp3) is 0.833. The number of ketones is 1. The second kappa shape index (κ2) is 4.14. The SMILES string of the molecule is CC(C)(C)[Si](C)(C)O[C@@H]1[C@H]2O[C@H]2C(=O)[C@@]2(C)[C@@H]1[C@H]1C=C[C@@H]2C1. The van der Waals surface area contributed by atoms with E-state index in [1.807, 2.05) is 0 Å². The molecule has 1 heterocycles. The highest BCUT2D eigenvalue weighted by Crippen LogP contribution is 2.64. The summed E-state index contributed by atoms with van der Waals surface area (Å²) >= 11 is 0. The number of epoxide rings is 1. The average molecular weight is 321 g/mol. The zero-order valence-corrected chi connectivity index (χ0v) is 15.6. The van der Waals surface area contributed by atoms with Gasteiger partial charge in [-0.25, -0.2) is 0 Å². The van der Waals surface area contributed by atoms with E-state index in [0.717, 1.165) is 6.42 Å². The molecule has 1 aliphatic heterocycles. The van der Waals surface area contributed by atoms with Gasteiger partial charge in [0.15, 0.2) is 14.1 Å². The molecule has 0 spiro atoms. The van der Waals surface area contributed by atoms with Gasteiger partial charge < -0.3 is 9.16 Å². The predicted molar refractivity (Wildman–Crippen MR) is 88.1 cm³/mol. The van der Waals surface area contributed by atoms with Crippen LogP contribution in [0, 0.1) is 23.2 Å². The lowest BCUT2D eigenvalue weighted by atomic mass is 9.60. The Kier molecular flexibility index (Phi) is 2.84. The van der Waals surface area contributed by atoms with Crippen molar-refractivity contribution in [2.45, 2.75) is 70.6 Å². The van der Waals surface area contributed by atoms with Crippen LogP contribution in [-0.2, 0) is 14.0 Å². The average Bonchev–Trinajstić information content (AvgIpc) is 2.96. The molecule has 3 nitrogen and oxygen atoms in total. The quantitative estimate of drug-likeness (QED) is 0.444. The van der Waals surface area contributed by atoms with Crippen LogP contribution in [-0.4, -0.2) is 32.4 Å². The normalized spacial score (nSPS) is 49.3. The fourth-order valence-electron chi connectivity index (χ4n) is 4.81. The van der Waals surface area contributed by atoms with E-state index in [2.05, 4.69) is 52.9 Å². The van der Waals surface area contributed by atoms with E-state index in [-0.39, 0.29) is 28.8 Å². The van der Waals surface area contributed by atoms with E-state index in [1.165, 1.54) is 0 Å². The summed E-state index contributed by atoms with van der Waals surface area (Å²) in [5.41, 5.74) is -0.260. The predicted octanol–water partition coefficient (Wildman–Crippen LogP) is 3.56. The molecule has 4 aliphatic rings. The van der Waals surface area contributed by atoms with Crippen molar-refractivity contribution in [3.05, 3.63) is 12.2 Å². The summed E-state index contributed by atoms with van der Waals surface area (Å²) in [7, 11) is -1.87. The first-order valence-corrected chi connectivity index (χ1v) is 11.5. The highest BCUT2D eigenvalue weighted by molar-refractivity contribution is 6.74. The van der Waals surface area contributed by atoms with Crippen LogP contribution in [0.4, 0.5) is 0 Å². The van der Waals surface area contributed by atoms with E-state index >= 15 is 0 Å². The Labute approximate surface area is 134 Å². The fourth-order valence-corrected chi connectivity index (χ4v) is 6.13. The van der Waals surface area contributed by atoms with Crippen LogP contribution in [0.3, 0.4) is 0 Å². The molecule has 4 rings (SSSR count). The van der Waals surface area contributed by atoms with Gasteiger partial charge in [-0.15, -0.1) is 0 Å². The van der Waals surface area contributed by atoms with Crippen LogP contribution in [0.1, 0.15) is 34.1 Å². The zero-order chi connectivity index (χ0) is 16.1. The van der Waals surface area contributed by atoms with E-state index < -0.39 is 8.32 Å². The van der Waals surface area contributed by atoms with Crippen molar-refractivity contribution in [1.29, 1.82) is 0 Å². The van der Waals surface area contributed by atoms with Crippen LogP contribution in [0.25, 0.3) is 0 Å². The molecular formula is C18H28O3Si.